The number of hydrogen-bond donors (Lipinski definition) is 1. The largest absolute Gasteiger partial charge is 0.367 e. The number of anilines is 1. The molecule has 2 atom stereocenters. The summed E-state index contributed by atoms with van der Waals surface area (Å²) in [6, 6.07) is 0.860. The van der Waals surface area contributed by atoms with Crippen molar-refractivity contribution in [3.8, 4) is 0 Å². The lowest BCUT2D eigenvalue weighted by Gasteiger charge is -2.26. The van der Waals surface area contributed by atoms with E-state index in [1.54, 1.807) is 0 Å². The minimum Gasteiger partial charge on any atom is -0.367 e. The summed E-state index contributed by atoms with van der Waals surface area (Å²) in [4.78, 5) is 3.72. The zero-order valence-electron chi connectivity index (χ0n) is 10.0. The number of hydrogen-bond acceptors (Lipinski definition) is 2. The van der Waals surface area contributed by atoms with E-state index in [-0.39, 0.29) is 5.82 Å². The molecule has 0 radical (unpaired) electrons. The van der Waals surface area contributed by atoms with Gasteiger partial charge in [0, 0.05) is 12.6 Å². The number of pyridine rings is 1. The van der Waals surface area contributed by atoms with Gasteiger partial charge in [-0.3, -0.25) is 0 Å². The van der Waals surface area contributed by atoms with E-state index in [1.807, 2.05) is 0 Å². The highest BCUT2D eigenvalue weighted by molar-refractivity contribution is 5.35. The average Bonchev–Trinajstić information content (AvgIpc) is 2.28. The van der Waals surface area contributed by atoms with Crippen molar-refractivity contribution in [2.75, 3.05) is 11.9 Å². The predicted molar refractivity (Wildman–Crippen MR) is 63.8 cm³/mol. The SMILES string of the molecule is CC1CCCC(CNc2ncc(F)cc2F)C1. The molecule has 1 fully saturated rings. The smallest absolute Gasteiger partial charge is 0.168 e. The second kappa shape index (κ2) is 5.43. The summed E-state index contributed by atoms with van der Waals surface area (Å²) in [7, 11) is 0. The first-order valence-corrected chi connectivity index (χ1v) is 6.20. The Morgan fingerprint density at radius 1 is 1.41 bits per heavy atom. The summed E-state index contributed by atoms with van der Waals surface area (Å²) in [6.07, 6.45) is 5.93. The Morgan fingerprint density at radius 2 is 2.24 bits per heavy atom. The maximum atomic E-state index is 13.3. The van der Waals surface area contributed by atoms with E-state index in [9.17, 15) is 8.78 Å². The summed E-state index contributed by atoms with van der Waals surface area (Å²) < 4.78 is 26.0. The molecule has 2 rings (SSSR count). The predicted octanol–water partition coefficient (Wildman–Crippen LogP) is 3.60. The Labute approximate surface area is 100 Å². The van der Waals surface area contributed by atoms with Crippen molar-refractivity contribution < 1.29 is 8.78 Å². The monoisotopic (exact) mass is 240 g/mol. The number of halogens is 2. The molecule has 94 valence electrons. The lowest BCUT2D eigenvalue weighted by Crippen LogP contribution is -2.21. The lowest BCUT2D eigenvalue weighted by atomic mass is 9.82. The van der Waals surface area contributed by atoms with Crippen LogP contribution in [0.2, 0.25) is 0 Å². The molecule has 1 N–H and O–H groups in total. The molecule has 4 heteroatoms. The number of nitrogens with one attached hydrogen (secondary N) is 1. The molecule has 0 aromatic carbocycles. The second-order valence-electron chi connectivity index (χ2n) is 5.00. The van der Waals surface area contributed by atoms with Crippen molar-refractivity contribution in [2.45, 2.75) is 32.6 Å². The first kappa shape index (κ1) is 12.3. The van der Waals surface area contributed by atoms with Crippen LogP contribution in [0, 0.1) is 23.5 Å². The molecule has 1 aromatic heterocycles. The molecular weight excluding hydrogens is 222 g/mol. The zero-order chi connectivity index (χ0) is 12.3. The van der Waals surface area contributed by atoms with Gasteiger partial charge >= 0.3 is 0 Å². The molecule has 0 bridgehead atoms. The van der Waals surface area contributed by atoms with Crippen molar-refractivity contribution in [1.29, 1.82) is 0 Å². The summed E-state index contributed by atoms with van der Waals surface area (Å²) in [6.45, 7) is 2.97. The van der Waals surface area contributed by atoms with Crippen LogP contribution in [-0.4, -0.2) is 11.5 Å². The van der Waals surface area contributed by atoms with Crippen LogP contribution in [0.5, 0.6) is 0 Å². The zero-order valence-corrected chi connectivity index (χ0v) is 10.0. The molecule has 1 aliphatic rings. The van der Waals surface area contributed by atoms with Crippen LogP contribution in [0.25, 0.3) is 0 Å². The van der Waals surface area contributed by atoms with Crippen molar-refractivity contribution in [2.24, 2.45) is 11.8 Å². The standard InChI is InChI=1S/C13H18F2N2/c1-9-3-2-4-10(5-9)7-16-13-12(15)6-11(14)8-17-13/h6,8-10H,2-5,7H2,1H3,(H,16,17). The van der Waals surface area contributed by atoms with Crippen LogP contribution in [0.15, 0.2) is 12.3 Å². The Hall–Kier alpha value is -1.19. The van der Waals surface area contributed by atoms with Gasteiger partial charge < -0.3 is 5.32 Å². The third-order valence-electron chi connectivity index (χ3n) is 3.41. The summed E-state index contributed by atoms with van der Waals surface area (Å²) in [5.74, 6) is 0.226. The second-order valence-corrected chi connectivity index (χ2v) is 5.00. The van der Waals surface area contributed by atoms with Gasteiger partial charge in [0.05, 0.1) is 6.20 Å². The molecule has 1 aliphatic carbocycles. The van der Waals surface area contributed by atoms with Gasteiger partial charge in [-0.05, 0) is 24.7 Å². The van der Waals surface area contributed by atoms with Gasteiger partial charge in [-0.15, -0.1) is 0 Å². The topological polar surface area (TPSA) is 24.9 Å². The van der Waals surface area contributed by atoms with E-state index in [2.05, 4.69) is 17.2 Å². The Balaban J connectivity index is 1.88. The molecule has 17 heavy (non-hydrogen) atoms. The summed E-state index contributed by atoms with van der Waals surface area (Å²) in [5, 5.41) is 2.98. The van der Waals surface area contributed by atoms with Crippen LogP contribution in [0.1, 0.15) is 32.6 Å². The van der Waals surface area contributed by atoms with Gasteiger partial charge in [-0.25, -0.2) is 13.8 Å². The molecular formula is C13H18F2N2. The van der Waals surface area contributed by atoms with Gasteiger partial charge in [0.2, 0.25) is 0 Å². The number of aromatic nitrogens is 1. The molecule has 2 nitrogen and oxygen atoms in total. The molecule has 1 aromatic rings. The van der Waals surface area contributed by atoms with Crippen LogP contribution in [-0.2, 0) is 0 Å². The quantitative estimate of drug-likeness (QED) is 0.873. The van der Waals surface area contributed by atoms with Crippen molar-refractivity contribution in [3.63, 3.8) is 0 Å². The lowest BCUT2D eigenvalue weighted by molar-refractivity contribution is 0.293. The van der Waals surface area contributed by atoms with Crippen molar-refractivity contribution >= 4 is 5.82 Å². The fourth-order valence-electron chi connectivity index (χ4n) is 2.53. The van der Waals surface area contributed by atoms with Crippen molar-refractivity contribution in [1.82, 2.24) is 4.98 Å². The Morgan fingerprint density at radius 3 is 2.94 bits per heavy atom. The molecule has 0 saturated heterocycles. The fourth-order valence-corrected chi connectivity index (χ4v) is 2.53. The summed E-state index contributed by atoms with van der Waals surface area (Å²) >= 11 is 0. The third kappa shape index (κ3) is 3.38. The van der Waals surface area contributed by atoms with Crippen LogP contribution >= 0.6 is 0 Å². The van der Waals surface area contributed by atoms with Crippen LogP contribution in [0.3, 0.4) is 0 Å². The Kier molecular flexibility index (Phi) is 3.92. The van der Waals surface area contributed by atoms with Gasteiger partial charge in [0.15, 0.2) is 11.6 Å². The molecule has 2 unspecified atom stereocenters. The number of nitrogens with zero attached hydrogens (tertiary/aromatic N) is 1. The molecule has 0 aliphatic heterocycles. The van der Waals surface area contributed by atoms with E-state index in [0.29, 0.717) is 5.92 Å². The van der Waals surface area contributed by atoms with E-state index in [0.717, 1.165) is 24.7 Å². The molecule has 0 amide bonds. The average molecular weight is 240 g/mol. The van der Waals surface area contributed by atoms with Gasteiger partial charge in [-0.2, -0.15) is 0 Å². The third-order valence-corrected chi connectivity index (χ3v) is 3.41. The molecule has 0 spiro atoms. The van der Waals surface area contributed by atoms with E-state index in [4.69, 9.17) is 0 Å². The van der Waals surface area contributed by atoms with Gasteiger partial charge in [-0.1, -0.05) is 19.8 Å². The van der Waals surface area contributed by atoms with E-state index in [1.165, 1.54) is 25.7 Å². The van der Waals surface area contributed by atoms with Crippen LogP contribution in [0.4, 0.5) is 14.6 Å². The van der Waals surface area contributed by atoms with Crippen molar-refractivity contribution in [3.05, 3.63) is 23.9 Å². The highest BCUT2D eigenvalue weighted by Crippen LogP contribution is 2.28. The first-order valence-electron chi connectivity index (χ1n) is 6.20. The first-order chi connectivity index (χ1) is 8.15. The molecule has 1 heterocycles. The van der Waals surface area contributed by atoms with E-state index < -0.39 is 11.6 Å². The highest BCUT2D eigenvalue weighted by atomic mass is 19.1. The van der Waals surface area contributed by atoms with E-state index >= 15 is 0 Å². The highest BCUT2D eigenvalue weighted by Gasteiger charge is 2.19. The van der Waals surface area contributed by atoms with Gasteiger partial charge in [0.1, 0.15) is 5.82 Å². The fraction of sp³-hybridized carbons (Fsp3) is 0.615. The summed E-state index contributed by atoms with van der Waals surface area (Å²) in [5.41, 5.74) is 0. The normalized spacial score (nSPS) is 24.6. The minimum absolute atomic E-state index is 0.157. The minimum atomic E-state index is -0.640. The maximum Gasteiger partial charge on any atom is 0.168 e. The number of rotatable bonds is 3. The van der Waals surface area contributed by atoms with Gasteiger partial charge in [0.25, 0.3) is 0 Å². The Bertz CT molecular complexity index is 382. The maximum absolute atomic E-state index is 13.3. The van der Waals surface area contributed by atoms with Crippen LogP contribution < -0.4 is 5.32 Å². The molecule has 1 saturated carbocycles.